The van der Waals surface area contributed by atoms with Gasteiger partial charge in [-0.25, -0.2) is 18.7 Å². The van der Waals surface area contributed by atoms with Gasteiger partial charge in [0.25, 0.3) is 0 Å². The van der Waals surface area contributed by atoms with Crippen molar-refractivity contribution >= 4 is 28.3 Å². The first-order chi connectivity index (χ1) is 21.1. The number of anilines is 2. The second-order valence-electron chi connectivity index (χ2n) is 9.26. The lowest BCUT2D eigenvalue weighted by atomic mass is 10.2. The molecule has 1 aliphatic heterocycles. The zero-order valence-corrected chi connectivity index (χ0v) is 27.0. The summed E-state index contributed by atoms with van der Waals surface area (Å²) in [6.45, 7) is 19.3. The number of halogens is 2. The molecule has 242 valence electrons. The van der Waals surface area contributed by atoms with Crippen LogP contribution in [0.2, 0.25) is 0 Å². The first-order valence-corrected chi connectivity index (χ1v) is 14.7. The largest absolute Gasteiger partial charge is 0.497 e. The van der Waals surface area contributed by atoms with Crippen molar-refractivity contribution in [1.29, 1.82) is 0 Å². The molecule has 1 fully saturated rings. The minimum absolute atomic E-state index is 0.350. The van der Waals surface area contributed by atoms with Crippen LogP contribution in [0.15, 0.2) is 67.4 Å². The van der Waals surface area contributed by atoms with E-state index in [4.69, 9.17) is 9.47 Å². The van der Waals surface area contributed by atoms with E-state index in [1.54, 1.807) is 13.3 Å². The Bertz CT molecular complexity index is 1370. The summed E-state index contributed by atoms with van der Waals surface area (Å²) < 4.78 is 38.0. The Morgan fingerprint density at radius 3 is 2.45 bits per heavy atom. The normalized spacial score (nSPS) is 13.9. The molecular weight excluding hydrogens is 568 g/mol. The average molecular weight is 616 g/mol. The fourth-order valence-corrected chi connectivity index (χ4v) is 3.76. The van der Waals surface area contributed by atoms with E-state index in [9.17, 15) is 13.6 Å². The molecule has 10 nitrogen and oxygen atoms in total. The van der Waals surface area contributed by atoms with Crippen molar-refractivity contribution in [1.82, 2.24) is 30.4 Å². The van der Waals surface area contributed by atoms with Crippen LogP contribution in [-0.4, -0.2) is 52.0 Å². The third kappa shape index (κ3) is 12.5. The summed E-state index contributed by atoms with van der Waals surface area (Å²) in [6, 6.07) is 4.15. The number of aromatic nitrogens is 4. The Balaban J connectivity index is 0.000000477. The van der Waals surface area contributed by atoms with Crippen LogP contribution in [0.3, 0.4) is 0 Å². The second kappa shape index (κ2) is 20.6. The van der Waals surface area contributed by atoms with Crippen molar-refractivity contribution in [2.45, 2.75) is 73.4 Å². The molecule has 0 radical (unpaired) electrons. The molecule has 2 aromatic heterocycles. The van der Waals surface area contributed by atoms with Crippen molar-refractivity contribution in [3.8, 4) is 11.5 Å². The molecule has 3 aromatic rings. The summed E-state index contributed by atoms with van der Waals surface area (Å²) >= 11 is 0. The van der Waals surface area contributed by atoms with Gasteiger partial charge in [-0.1, -0.05) is 33.4 Å². The van der Waals surface area contributed by atoms with Gasteiger partial charge in [0.15, 0.2) is 5.83 Å². The van der Waals surface area contributed by atoms with Crippen LogP contribution in [0.1, 0.15) is 60.8 Å². The van der Waals surface area contributed by atoms with Gasteiger partial charge in [-0.15, -0.1) is 6.58 Å². The van der Waals surface area contributed by atoms with Crippen molar-refractivity contribution in [3.05, 3.63) is 67.4 Å². The highest BCUT2D eigenvalue weighted by atomic mass is 19.2. The molecule has 0 bridgehead atoms. The minimum Gasteiger partial charge on any atom is -0.497 e. The zero-order valence-electron chi connectivity index (χ0n) is 27.0. The molecule has 0 aliphatic carbocycles. The van der Waals surface area contributed by atoms with Gasteiger partial charge in [-0.2, -0.15) is 5.10 Å². The third-order valence-electron chi connectivity index (χ3n) is 5.92. The number of carbonyl (C=O) groups excluding carboxylic acids is 1. The van der Waals surface area contributed by atoms with Crippen molar-refractivity contribution < 1.29 is 23.0 Å². The number of fused-ring (bicyclic) bond motifs is 1. The third-order valence-corrected chi connectivity index (χ3v) is 5.92. The summed E-state index contributed by atoms with van der Waals surface area (Å²) in [4.78, 5) is 19.1. The second-order valence-corrected chi connectivity index (χ2v) is 9.26. The highest BCUT2D eigenvalue weighted by Gasteiger charge is 2.18. The lowest BCUT2D eigenvalue weighted by Crippen LogP contribution is -2.28. The molecule has 4 rings (SSSR count). The summed E-state index contributed by atoms with van der Waals surface area (Å²) in [5, 5.41) is 13.9. The van der Waals surface area contributed by atoms with E-state index in [-0.39, 0.29) is 5.70 Å². The highest BCUT2D eigenvalue weighted by molar-refractivity contribution is 5.96. The molecule has 1 amide bonds. The molecule has 3 N–H and O–H groups in total. The monoisotopic (exact) mass is 615 g/mol. The van der Waals surface area contributed by atoms with Crippen LogP contribution >= 0.6 is 0 Å². The van der Waals surface area contributed by atoms with Crippen molar-refractivity contribution in [3.63, 3.8) is 0 Å². The Morgan fingerprint density at radius 2 is 1.93 bits per heavy atom. The van der Waals surface area contributed by atoms with E-state index in [1.165, 1.54) is 19.7 Å². The number of aryl methyl sites for hydroxylation is 1. The SMILES string of the molecule is C=C(NC(C)=O)/C(F)=C(\C)F.C=CCC.CC.CCn1cc(Nc2ncnc3cc(OC)cc(OC[C@H]4CCCN4)c23)cn1. The quantitative estimate of drug-likeness (QED) is 0.163. The molecule has 1 aliphatic rings. The minimum atomic E-state index is -1.12. The smallest absolute Gasteiger partial charge is 0.221 e. The van der Waals surface area contributed by atoms with E-state index in [0.717, 1.165) is 49.4 Å². The molecule has 1 aromatic carbocycles. The predicted octanol–water partition coefficient (Wildman–Crippen LogP) is 7.14. The van der Waals surface area contributed by atoms with E-state index >= 15 is 0 Å². The maximum atomic E-state index is 12.5. The number of methoxy groups -OCH3 is 1. The summed E-state index contributed by atoms with van der Waals surface area (Å²) in [5.41, 5.74) is 1.29. The van der Waals surface area contributed by atoms with Gasteiger partial charge in [-0.05, 0) is 39.7 Å². The Labute approximate surface area is 259 Å². The molecule has 44 heavy (non-hydrogen) atoms. The van der Waals surface area contributed by atoms with Gasteiger partial charge in [0, 0.05) is 37.8 Å². The van der Waals surface area contributed by atoms with Crippen LogP contribution in [0, 0.1) is 0 Å². The number of allylic oxidation sites excluding steroid dienone is 3. The van der Waals surface area contributed by atoms with Crippen LogP contribution < -0.4 is 25.4 Å². The molecule has 3 heterocycles. The van der Waals surface area contributed by atoms with Gasteiger partial charge < -0.3 is 25.4 Å². The molecule has 12 heteroatoms. The number of benzene rings is 1. The lowest BCUT2D eigenvalue weighted by Gasteiger charge is -2.16. The van der Waals surface area contributed by atoms with E-state index in [2.05, 4.69) is 45.8 Å². The fraction of sp³-hybridized carbons (Fsp3) is 0.438. The summed E-state index contributed by atoms with van der Waals surface area (Å²) in [5.74, 6) is -0.493. The van der Waals surface area contributed by atoms with E-state index in [1.807, 2.05) is 55.2 Å². The number of ether oxygens (including phenoxy) is 2. The molecule has 1 saturated heterocycles. The van der Waals surface area contributed by atoms with Gasteiger partial charge in [0.1, 0.15) is 36.1 Å². The first-order valence-electron chi connectivity index (χ1n) is 14.7. The standard InChI is InChI=1S/C19H24N6O2.C7H9F2NO.C4H8.C2H6/c1-3-25-10-14(9-23-25)24-19-18-16(21-12-22-19)7-15(26-2)8-17(18)27-11-13-5-4-6-20-13;1-4(8)7(9)5(2)10-6(3)11;1-3-4-2;1-2/h7-10,12-13,20H,3-6,11H2,1-2H3,(H,21,22,24);2H2,1,3H3,(H,10,11);3H,1,4H2,2H3;1-2H3/b;7-4-;;/t13-;;;/m1.../s1. The van der Waals surface area contributed by atoms with Gasteiger partial charge in [-0.3, -0.25) is 9.48 Å². The number of hydrogen-bond donors (Lipinski definition) is 3. The maximum absolute atomic E-state index is 12.5. The van der Waals surface area contributed by atoms with Crippen LogP contribution in [0.4, 0.5) is 20.3 Å². The number of amides is 1. The Kier molecular flexibility index (Phi) is 17.6. The van der Waals surface area contributed by atoms with Gasteiger partial charge in [0.2, 0.25) is 5.91 Å². The van der Waals surface area contributed by atoms with Crippen LogP contribution in [0.5, 0.6) is 11.5 Å². The molecule has 0 unspecified atom stereocenters. The summed E-state index contributed by atoms with van der Waals surface area (Å²) in [7, 11) is 1.64. The number of rotatable bonds is 10. The van der Waals surface area contributed by atoms with Gasteiger partial charge in [0.05, 0.1) is 35.6 Å². The number of nitrogens with zero attached hydrogens (tertiary/aromatic N) is 4. The average Bonchev–Trinajstić information content (AvgIpc) is 3.72. The van der Waals surface area contributed by atoms with Crippen LogP contribution in [-0.2, 0) is 11.3 Å². The van der Waals surface area contributed by atoms with E-state index < -0.39 is 17.6 Å². The lowest BCUT2D eigenvalue weighted by molar-refractivity contribution is -0.118. The highest BCUT2D eigenvalue weighted by Crippen LogP contribution is 2.35. The summed E-state index contributed by atoms with van der Waals surface area (Å²) in [6.07, 6.45) is 10.5. The number of nitrogens with one attached hydrogen (secondary N) is 3. The van der Waals surface area contributed by atoms with Gasteiger partial charge >= 0.3 is 0 Å². The van der Waals surface area contributed by atoms with Crippen LogP contribution in [0.25, 0.3) is 10.9 Å². The topological polar surface area (TPSA) is 115 Å². The van der Waals surface area contributed by atoms with E-state index in [0.29, 0.717) is 30.0 Å². The Hall–Kier alpha value is -4.32. The molecule has 0 spiro atoms. The predicted molar refractivity (Wildman–Crippen MR) is 174 cm³/mol. The first kappa shape index (κ1) is 37.7. The maximum Gasteiger partial charge on any atom is 0.221 e. The fourth-order valence-electron chi connectivity index (χ4n) is 3.76. The molecule has 1 atom stereocenters. The molecule has 0 saturated carbocycles. The van der Waals surface area contributed by atoms with Crippen molar-refractivity contribution in [2.24, 2.45) is 0 Å². The number of carbonyl (C=O) groups is 1. The Morgan fingerprint density at radius 1 is 1.23 bits per heavy atom. The van der Waals surface area contributed by atoms with Crippen molar-refractivity contribution in [2.75, 3.05) is 25.6 Å². The molecular formula is C32H47F2N7O3. The number of hydrogen-bond acceptors (Lipinski definition) is 8. The zero-order chi connectivity index (χ0) is 33.1.